The second kappa shape index (κ2) is 5.85. The minimum atomic E-state index is -0.767. The van der Waals surface area contributed by atoms with Crippen molar-refractivity contribution < 1.29 is 24.1 Å². The maximum Gasteiger partial charge on any atom is 0.231 e. The summed E-state index contributed by atoms with van der Waals surface area (Å²) in [7, 11) is 0. The van der Waals surface area contributed by atoms with Crippen LogP contribution in [0, 0.1) is 0 Å². The Balaban J connectivity index is 1.74. The summed E-state index contributed by atoms with van der Waals surface area (Å²) in [6, 6.07) is 12.4. The number of rotatable bonds is 5. The Labute approximate surface area is 121 Å². The monoisotopic (exact) mass is 286 g/mol. The number of aldehydes is 1. The Morgan fingerprint density at radius 3 is 2.62 bits per heavy atom. The molecule has 5 heteroatoms. The molecule has 0 radical (unpaired) electrons. The van der Waals surface area contributed by atoms with Crippen LogP contribution in [0.25, 0.3) is 0 Å². The molecule has 1 N–H and O–H groups in total. The number of carbonyl (C=O) groups excluding carboxylic acids is 1. The van der Waals surface area contributed by atoms with E-state index in [1.165, 1.54) is 0 Å². The van der Waals surface area contributed by atoms with Gasteiger partial charge in [0.1, 0.15) is 18.5 Å². The Kier molecular flexibility index (Phi) is 3.75. The van der Waals surface area contributed by atoms with Crippen molar-refractivity contribution in [2.45, 2.75) is 6.10 Å². The molecular weight excluding hydrogens is 272 g/mol. The molecular formula is C16H14O5. The van der Waals surface area contributed by atoms with Gasteiger partial charge in [-0.2, -0.15) is 0 Å². The van der Waals surface area contributed by atoms with Gasteiger partial charge < -0.3 is 19.3 Å². The molecule has 0 saturated carbocycles. The number of hydrogen-bond acceptors (Lipinski definition) is 5. The lowest BCUT2D eigenvalue weighted by Crippen LogP contribution is -2.10. The maximum atomic E-state index is 11.1. The van der Waals surface area contributed by atoms with Gasteiger partial charge in [0.2, 0.25) is 6.79 Å². The molecule has 3 rings (SSSR count). The van der Waals surface area contributed by atoms with Gasteiger partial charge in [-0.15, -0.1) is 0 Å². The topological polar surface area (TPSA) is 65.0 Å². The zero-order valence-electron chi connectivity index (χ0n) is 11.2. The van der Waals surface area contributed by atoms with E-state index in [1.54, 1.807) is 12.1 Å². The molecule has 0 saturated heterocycles. The smallest absolute Gasteiger partial charge is 0.231 e. The summed E-state index contributed by atoms with van der Waals surface area (Å²) in [5.41, 5.74) is 1.12. The molecule has 21 heavy (non-hydrogen) atoms. The van der Waals surface area contributed by atoms with Gasteiger partial charge in [-0.25, -0.2) is 0 Å². The number of fused-ring (bicyclic) bond motifs is 1. The Hall–Kier alpha value is -2.53. The van der Waals surface area contributed by atoms with Crippen molar-refractivity contribution in [2.24, 2.45) is 0 Å². The Morgan fingerprint density at radius 1 is 1.19 bits per heavy atom. The highest BCUT2D eigenvalue weighted by molar-refractivity contribution is 5.81. The van der Waals surface area contributed by atoms with Crippen LogP contribution in [0.15, 0.2) is 42.5 Å². The molecule has 0 aromatic heterocycles. The molecule has 1 aliphatic rings. The number of ether oxygens (including phenoxy) is 3. The van der Waals surface area contributed by atoms with Crippen LogP contribution in [0.1, 0.15) is 22.0 Å². The van der Waals surface area contributed by atoms with E-state index in [1.807, 2.05) is 30.3 Å². The third-order valence-corrected chi connectivity index (χ3v) is 3.21. The minimum absolute atomic E-state index is 0.0461. The zero-order valence-corrected chi connectivity index (χ0v) is 11.2. The first-order valence-corrected chi connectivity index (χ1v) is 6.52. The van der Waals surface area contributed by atoms with Gasteiger partial charge in [0.05, 0.1) is 5.56 Å². The van der Waals surface area contributed by atoms with Crippen LogP contribution in [-0.4, -0.2) is 24.8 Å². The number of benzene rings is 2. The van der Waals surface area contributed by atoms with Crippen molar-refractivity contribution in [1.29, 1.82) is 0 Å². The maximum absolute atomic E-state index is 11.1. The molecule has 0 bridgehead atoms. The van der Waals surface area contributed by atoms with Crippen LogP contribution < -0.4 is 14.2 Å². The van der Waals surface area contributed by atoms with Gasteiger partial charge >= 0.3 is 0 Å². The van der Waals surface area contributed by atoms with Crippen LogP contribution in [0.4, 0.5) is 0 Å². The number of hydrogen-bond donors (Lipinski definition) is 1. The van der Waals surface area contributed by atoms with E-state index in [0.29, 0.717) is 29.1 Å². The van der Waals surface area contributed by atoms with Gasteiger partial charge in [0, 0.05) is 6.07 Å². The van der Waals surface area contributed by atoms with Crippen LogP contribution in [0.2, 0.25) is 0 Å². The summed E-state index contributed by atoms with van der Waals surface area (Å²) in [4.78, 5) is 11.1. The van der Waals surface area contributed by atoms with E-state index in [0.717, 1.165) is 5.56 Å². The minimum Gasteiger partial charge on any atom is -0.490 e. The molecule has 0 amide bonds. The number of aliphatic hydroxyl groups excluding tert-OH is 1. The van der Waals surface area contributed by atoms with Crippen LogP contribution in [0.5, 0.6) is 17.2 Å². The molecule has 0 aliphatic carbocycles. The molecule has 0 fully saturated rings. The van der Waals surface area contributed by atoms with Crippen LogP contribution >= 0.6 is 0 Å². The van der Waals surface area contributed by atoms with Gasteiger partial charge in [0.25, 0.3) is 0 Å². The fourth-order valence-electron chi connectivity index (χ4n) is 2.10. The molecule has 1 unspecified atom stereocenters. The third kappa shape index (κ3) is 2.83. The van der Waals surface area contributed by atoms with Gasteiger partial charge in [0.15, 0.2) is 17.8 Å². The fourth-order valence-corrected chi connectivity index (χ4v) is 2.10. The largest absolute Gasteiger partial charge is 0.490 e. The highest BCUT2D eigenvalue weighted by atomic mass is 16.7. The average molecular weight is 286 g/mol. The summed E-state index contributed by atoms with van der Waals surface area (Å²) in [6.07, 6.45) is -0.0808. The lowest BCUT2D eigenvalue weighted by atomic mass is 10.1. The normalized spacial score (nSPS) is 13.8. The van der Waals surface area contributed by atoms with E-state index in [2.05, 4.69) is 0 Å². The summed E-state index contributed by atoms with van der Waals surface area (Å²) in [5, 5.41) is 10.1. The van der Waals surface area contributed by atoms with Crippen molar-refractivity contribution in [3.8, 4) is 17.2 Å². The number of aliphatic hydroxyl groups is 1. The van der Waals surface area contributed by atoms with Crippen molar-refractivity contribution in [1.82, 2.24) is 0 Å². The van der Waals surface area contributed by atoms with E-state index in [4.69, 9.17) is 14.2 Å². The summed E-state index contributed by atoms with van der Waals surface area (Å²) >= 11 is 0. The van der Waals surface area contributed by atoms with Crippen LogP contribution in [0.3, 0.4) is 0 Å². The zero-order chi connectivity index (χ0) is 14.7. The van der Waals surface area contributed by atoms with Crippen molar-refractivity contribution in [3.63, 3.8) is 0 Å². The van der Waals surface area contributed by atoms with Gasteiger partial charge in [-0.3, -0.25) is 4.79 Å². The molecule has 108 valence electrons. The first-order valence-electron chi connectivity index (χ1n) is 6.52. The SMILES string of the molecule is O=Cc1cc2c(cc1OCC(O)c1ccccc1)OCO2. The first kappa shape index (κ1) is 13.5. The molecule has 2 aromatic rings. The van der Waals surface area contributed by atoms with Crippen molar-refractivity contribution in [2.75, 3.05) is 13.4 Å². The predicted octanol–water partition coefficient (Wildman–Crippen LogP) is 2.34. The molecule has 1 heterocycles. The summed E-state index contributed by atoms with van der Waals surface area (Å²) in [6.45, 7) is 0.175. The molecule has 2 aromatic carbocycles. The second-order valence-corrected chi connectivity index (χ2v) is 4.60. The highest BCUT2D eigenvalue weighted by Gasteiger charge is 2.18. The number of carbonyl (C=O) groups is 1. The second-order valence-electron chi connectivity index (χ2n) is 4.60. The predicted molar refractivity (Wildman–Crippen MR) is 74.8 cm³/mol. The summed E-state index contributed by atoms with van der Waals surface area (Å²) in [5.74, 6) is 1.42. The standard InChI is InChI=1S/C16H14O5/c17-8-12-6-15-16(21-10-20-15)7-14(12)19-9-13(18)11-4-2-1-3-5-11/h1-8,13,18H,9-10H2. The lowest BCUT2D eigenvalue weighted by molar-refractivity contribution is 0.104. The van der Waals surface area contributed by atoms with E-state index < -0.39 is 6.10 Å². The fraction of sp³-hybridized carbons (Fsp3) is 0.188. The van der Waals surface area contributed by atoms with E-state index in [9.17, 15) is 9.90 Å². The quantitative estimate of drug-likeness (QED) is 0.855. The third-order valence-electron chi connectivity index (χ3n) is 3.21. The Morgan fingerprint density at radius 2 is 1.90 bits per heavy atom. The van der Waals surface area contributed by atoms with Crippen LogP contribution in [-0.2, 0) is 0 Å². The molecule has 1 aliphatic heterocycles. The van der Waals surface area contributed by atoms with Crippen molar-refractivity contribution in [3.05, 3.63) is 53.6 Å². The van der Waals surface area contributed by atoms with Crippen molar-refractivity contribution >= 4 is 6.29 Å². The van der Waals surface area contributed by atoms with Gasteiger partial charge in [-0.1, -0.05) is 30.3 Å². The average Bonchev–Trinajstić information content (AvgIpc) is 2.99. The van der Waals surface area contributed by atoms with Gasteiger partial charge in [-0.05, 0) is 11.6 Å². The highest BCUT2D eigenvalue weighted by Crippen LogP contribution is 2.37. The van der Waals surface area contributed by atoms with E-state index >= 15 is 0 Å². The van der Waals surface area contributed by atoms with E-state index in [-0.39, 0.29) is 13.4 Å². The summed E-state index contributed by atoms with van der Waals surface area (Å²) < 4.78 is 16.0. The Bertz CT molecular complexity index is 639. The molecule has 0 spiro atoms. The molecule has 5 nitrogen and oxygen atoms in total. The molecule has 1 atom stereocenters. The lowest BCUT2D eigenvalue weighted by Gasteiger charge is -2.14. The first-order chi connectivity index (χ1) is 10.3.